The van der Waals surface area contributed by atoms with Gasteiger partial charge in [0.2, 0.25) is 0 Å². The Kier molecular flexibility index (Phi) is 6.99. The van der Waals surface area contributed by atoms with Gasteiger partial charge in [-0.1, -0.05) is 0 Å². The van der Waals surface area contributed by atoms with Crippen LogP contribution < -0.4 is 11.1 Å². The normalized spacial score (nSPS) is 13.6. The molecular weight excluding hydrogens is 260 g/mol. The molecule has 0 saturated carbocycles. The molecule has 0 aromatic rings. The van der Waals surface area contributed by atoms with Crippen LogP contribution in [0.25, 0.3) is 0 Å². The number of carbonyl (C=O) groups is 2. The fourth-order valence-corrected chi connectivity index (χ4v) is 1.32. The Morgan fingerprint density at radius 2 is 1.55 bits per heavy atom. The van der Waals surface area contributed by atoms with Gasteiger partial charge in [0.1, 0.15) is 17.2 Å². The zero-order chi connectivity index (χ0) is 16.0. The van der Waals surface area contributed by atoms with Crippen LogP contribution in [0.4, 0.5) is 4.79 Å². The van der Waals surface area contributed by atoms with Crippen LogP contribution in [0.2, 0.25) is 0 Å². The van der Waals surface area contributed by atoms with E-state index in [-0.39, 0.29) is 0 Å². The average molecular weight is 288 g/mol. The number of ether oxygens (including phenoxy) is 2. The van der Waals surface area contributed by atoms with Crippen molar-refractivity contribution in [3.8, 4) is 0 Å². The maximum Gasteiger partial charge on any atom is 0.407 e. The van der Waals surface area contributed by atoms with Crippen molar-refractivity contribution < 1.29 is 19.1 Å². The Hall–Kier alpha value is -1.30. The van der Waals surface area contributed by atoms with Gasteiger partial charge in [-0.05, 0) is 54.4 Å². The number of alkyl carbamates (subject to hydrolysis) is 1. The zero-order valence-corrected chi connectivity index (χ0v) is 13.4. The first-order chi connectivity index (χ1) is 8.91. The van der Waals surface area contributed by atoms with Crippen molar-refractivity contribution in [3.63, 3.8) is 0 Å². The molecule has 0 fully saturated rings. The van der Waals surface area contributed by atoms with Crippen molar-refractivity contribution in [3.05, 3.63) is 0 Å². The molecule has 0 heterocycles. The van der Waals surface area contributed by atoms with Crippen molar-refractivity contribution >= 4 is 12.1 Å². The van der Waals surface area contributed by atoms with Crippen LogP contribution in [0.3, 0.4) is 0 Å². The highest BCUT2D eigenvalue weighted by Gasteiger charge is 2.22. The molecule has 0 aromatic heterocycles. The molecule has 0 radical (unpaired) electrons. The molecule has 0 spiro atoms. The van der Waals surface area contributed by atoms with E-state index in [9.17, 15) is 9.59 Å². The van der Waals surface area contributed by atoms with E-state index in [1.165, 1.54) is 0 Å². The lowest BCUT2D eigenvalue weighted by Crippen LogP contribution is -2.38. The summed E-state index contributed by atoms with van der Waals surface area (Å²) in [6, 6.07) is -0.672. The van der Waals surface area contributed by atoms with E-state index in [1.54, 1.807) is 41.5 Å². The summed E-state index contributed by atoms with van der Waals surface area (Å²) in [5.41, 5.74) is 4.67. The van der Waals surface area contributed by atoms with Gasteiger partial charge in [0.15, 0.2) is 0 Å². The number of nitrogens with one attached hydrogen (secondary N) is 1. The molecule has 0 saturated heterocycles. The molecule has 0 aliphatic rings. The minimum absolute atomic E-state index is 0.408. The largest absolute Gasteiger partial charge is 0.459 e. The fraction of sp³-hybridized carbons (Fsp3) is 0.857. The number of hydrogen-bond donors (Lipinski definition) is 2. The highest BCUT2D eigenvalue weighted by atomic mass is 16.6. The Morgan fingerprint density at radius 3 is 2.00 bits per heavy atom. The summed E-state index contributed by atoms with van der Waals surface area (Å²) < 4.78 is 10.3. The van der Waals surface area contributed by atoms with E-state index >= 15 is 0 Å². The molecule has 0 aliphatic heterocycles. The minimum Gasteiger partial charge on any atom is -0.459 e. The molecule has 0 aromatic carbocycles. The summed E-state index contributed by atoms with van der Waals surface area (Å²) in [6.07, 6.45) is 0.563. The van der Waals surface area contributed by atoms with Crippen molar-refractivity contribution in [2.24, 2.45) is 5.73 Å². The molecule has 20 heavy (non-hydrogen) atoms. The molecule has 0 bridgehead atoms. The zero-order valence-electron chi connectivity index (χ0n) is 13.4. The Balaban J connectivity index is 3.85. The molecule has 0 rings (SSSR count). The maximum atomic E-state index is 11.6. The molecule has 1 amide bonds. The topological polar surface area (TPSA) is 90.6 Å². The molecular formula is C14H28N2O4. The number of esters is 1. The minimum atomic E-state index is -0.672. The van der Waals surface area contributed by atoms with E-state index in [1.807, 2.05) is 0 Å². The number of hydrogen-bond acceptors (Lipinski definition) is 5. The summed E-state index contributed by atoms with van der Waals surface area (Å²) >= 11 is 0. The highest BCUT2D eigenvalue weighted by molar-refractivity contribution is 5.75. The summed E-state index contributed by atoms with van der Waals surface area (Å²) in [5.74, 6) is -0.422. The maximum absolute atomic E-state index is 11.6. The first kappa shape index (κ1) is 18.7. The van der Waals surface area contributed by atoms with Gasteiger partial charge in [-0.2, -0.15) is 0 Å². The lowest BCUT2D eigenvalue weighted by atomic mass is 10.1. The van der Waals surface area contributed by atoms with Gasteiger partial charge in [0, 0.05) is 6.54 Å². The fourth-order valence-electron chi connectivity index (χ4n) is 1.32. The van der Waals surface area contributed by atoms with Crippen LogP contribution >= 0.6 is 0 Å². The van der Waals surface area contributed by atoms with Gasteiger partial charge < -0.3 is 20.5 Å². The summed E-state index contributed by atoms with van der Waals surface area (Å²) in [5, 5.41) is 2.61. The van der Waals surface area contributed by atoms with Gasteiger partial charge in [-0.3, -0.25) is 4.79 Å². The van der Waals surface area contributed by atoms with E-state index < -0.39 is 29.3 Å². The Labute approximate surface area is 121 Å². The van der Waals surface area contributed by atoms with Crippen LogP contribution in [-0.2, 0) is 14.3 Å². The SMILES string of the molecule is CC(C)(C)OC(=O)NCCCC(N)C(=O)OC(C)(C)C. The monoisotopic (exact) mass is 288 g/mol. The van der Waals surface area contributed by atoms with Crippen LogP contribution in [0.1, 0.15) is 54.4 Å². The van der Waals surface area contributed by atoms with Crippen LogP contribution in [-0.4, -0.2) is 35.9 Å². The lowest BCUT2D eigenvalue weighted by Gasteiger charge is -2.22. The molecule has 1 unspecified atom stereocenters. The van der Waals surface area contributed by atoms with E-state index in [4.69, 9.17) is 15.2 Å². The molecule has 0 aliphatic carbocycles. The molecule has 1 atom stereocenters. The number of carbonyl (C=O) groups excluding carboxylic acids is 2. The third kappa shape index (κ3) is 10.6. The van der Waals surface area contributed by atoms with Gasteiger partial charge in [-0.25, -0.2) is 4.79 Å². The average Bonchev–Trinajstić information content (AvgIpc) is 2.18. The van der Waals surface area contributed by atoms with Crippen molar-refractivity contribution in [2.45, 2.75) is 71.6 Å². The van der Waals surface area contributed by atoms with Crippen LogP contribution in [0.5, 0.6) is 0 Å². The Bertz CT molecular complexity index is 329. The summed E-state index contributed by atoms with van der Waals surface area (Å²) in [4.78, 5) is 23.0. The van der Waals surface area contributed by atoms with Gasteiger partial charge in [0.05, 0.1) is 0 Å². The van der Waals surface area contributed by atoms with Crippen LogP contribution in [0.15, 0.2) is 0 Å². The third-order valence-corrected chi connectivity index (χ3v) is 2.07. The number of nitrogens with two attached hydrogens (primary N) is 1. The molecule has 6 heteroatoms. The first-order valence-electron chi connectivity index (χ1n) is 6.86. The van der Waals surface area contributed by atoms with Crippen molar-refractivity contribution in [1.29, 1.82) is 0 Å². The van der Waals surface area contributed by atoms with Crippen molar-refractivity contribution in [1.82, 2.24) is 5.32 Å². The lowest BCUT2D eigenvalue weighted by molar-refractivity contribution is -0.156. The number of amides is 1. The molecule has 118 valence electrons. The van der Waals surface area contributed by atoms with E-state index in [0.717, 1.165) is 0 Å². The quantitative estimate of drug-likeness (QED) is 0.596. The summed E-state index contributed by atoms with van der Waals surface area (Å²) in [6.45, 7) is 11.2. The molecule has 3 N–H and O–H groups in total. The summed E-state index contributed by atoms with van der Waals surface area (Å²) in [7, 11) is 0. The predicted molar refractivity (Wildman–Crippen MR) is 77.3 cm³/mol. The Morgan fingerprint density at radius 1 is 1.05 bits per heavy atom. The van der Waals surface area contributed by atoms with E-state index in [0.29, 0.717) is 19.4 Å². The van der Waals surface area contributed by atoms with E-state index in [2.05, 4.69) is 5.32 Å². The third-order valence-electron chi connectivity index (χ3n) is 2.07. The first-order valence-corrected chi connectivity index (χ1v) is 6.86. The highest BCUT2D eigenvalue weighted by Crippen LogP contribution is 2.09. The predicted octanol–water partition coefficient (Wildman–Crippen LogP) is 1.96. The molecule has 6 nitrogen and oxygen atoms in total. The second-order valence-electron chi connectivity index (χ2n) is 6.71. The smallest absolute Gasteiger partial charge is 0.407 e. The van der Waals surface area contributed by atoms with Gasteiger partial charge in [-0.15, -0.1) is 0 Å². The van der Waals surface area contributed by atoms with Crippen LogP contribution in [0, 0.1) is 0 Å². The van der Waals surface area contributed by atoms with Gasteiger partial charge in [0.25, 0.3) is 0 Å². The van der Waals surface area contributed by atoms with Crippen molar-refractivity contribution in [2.75, 3.05) is 6.54 Å². The standard InChI is InChI=1S/C14H28N2O4/c1-13(2,3)19-11(17)10(15)8-7-9-16-12(18)20-14(4,5)6/h10H,7-9,15H2,1-6H3,(H,16,18). The van der Waals surface area contributed by atoms with Gasteiger partial charge >= 0.3 is 12.1 Å². The number of rotatable bonds is 5. The second kappa shape index (κ2) is 7.47. The second-order valence-corrected chi connectivity index (χ2v) is 6.71.